The van der Waals surface area contributed by atoms with Gasteiger partial charge in [0.15, 0.2) is 0 Å². The van der Waals surface area contributed by atoms with E-state index in [-0.39, 0.29) is 17.8 Å². The molecule has 0 bridgehead atoms. The summed E-state index contributed by atoms with van der Waals surface area (Å²) in [4.78, 5) is 19.1. The maximum atomic E-state index is 13.0. The molecular weight excluding hydrogens is 423 g/mol. The first-order valence-electron chi connectivity index (χ1n) is 11.3. The van der Waals surface area contributed by atoms with Crippen LogP contribution in [0.4, 0.5) is 4.39 Å². The maximum absolute atomic E-state index is 13.0. The van der Waals surface area contributed by atoms with E-state index in [0.29, 0.717) is 31.0 Å². The van der Waals surface area contributed by atoms with Gasteiger partial charge in [0.25, 0.3) is 0 Å². The number of aryl methyl sites for hydroxylation is 1. The quantitative estimate of drug-likeness (QED) is 0.529. The number of aromatic nitrogens is 2. The fourth-order valence-corrected chi connectivity index (χ4v) is 4.00. The molecule has 1 saturated heterocycles. The van der Waals surface area contributed by atoms with Crippen LogP contribution in [0.15, 0.2) is 53.1 Å². The van der Waals surface area contributed by atoms with Gasteiger partial charge in [-0.2, -0.15) is 4.98 Å². The largest absolute Gasteiger partial charge is 0.497 e. The average Bonchev–Trinajstić information content (AvgIpc) is 3.31. The van der Waals surface area contributed by atoms with Crippen molar-refractivity contribution < 1.29 is 18.4 Å². The highest BCUT2D eigenvalue weighted by Crippen LogP contribution is 2.20. The summed E-state index contributed by atoms with van der Waals surface area (Å²) in [5.74, 6) is 1.68. The van der Waals surface area contributed by atoms with E-state index >= 15 is 0 Å². The lowest BCUT2D eigenvalue weighted by atomic mass is 10.0. The molecule has 3 aromatic rings. The molecule has 174 valence electrons. The second-order valence-corrected chi connectivity index (χ2v) is 8.34. The summed E-state index contributed by atoms with van der Waals surface area (Å²) >= 11 is 0. The molecule has 2 heterocycles. The summed E-state index contributed by atoms with van der Waals surface area (Å²) in [7, 11) is 1.62. The number of piperidine rings is 1. The molecule has 33 heavy (non-hydrogen) atoms. The third kappa shape index (κ3) is 6.61. The van der Waals surface area contributed by atoms with Crippen molar-refractivity contribution in [3.05, 3.63) is 65.8 Å². The molecule has 1 fully saturated rings. The van der Waals surface area contributed by atoms with Crippen molar-refractivity contribution in [2.75, 3.05) is 20.2 Å². The third-order valence-corrected chi connectivity index (χ3v) is 5.88. The van der Waals surface area contributed by atoms with Crippen LogP contribution < -0.4 is 10.1 Å². The molecule has 0 unspecified atom stereocenters. The summed E-state index contributed by atoms with van der Waals surface area (Å²) in [5.41, 5.74) is 1.96. The maximum Gasteiger partial charge on any atom is 0.226 e. The molecule has 1 N–H and O–H groups in total. The van der Waals surface area contributed by atoms with Crippen molar-refractivity contribution in [2.45, 2.75) is 44.7 Å². The van der Waals surface area contributed by atoms with Crippen LogP contribution in [0, 0.1) is 5.82 Å². The van der Waals surface area contributed by atoms with Gasteiger partial charge in [-0.1, -0.05) is 17.3 Å². The highest BCUT2D eigenvalue weighted by Gasteiger charge is 2.20. The zero-order valence-electron chi connectivity index (χ0n) is 18.8. The van der Waals surface area contributed by atoms with E-state index < -0.39 is 0 Å². The number of benzene rings is 2. The van der Waals surface area contributed by atoms with Crippen molar-refractivity contribution in [3.63, 3.8) is 0 Å². The monoisotopic (exact) mass is 452 g/mol. The first-order chi connectivity index (χ1) is 16.1. The molecule has 8 heteroatoms. The first kappa shape index (κ1) is 22.9. The van der Waals surface area contributed by atoms with Gasteiger partial charge in [-0.25, -0.2) is 4.39 Å². The van der Waals surface area contributed by atoms with Gasteiger partial charge in [-0.3, -0.25) is 9.69 Å². The second kappa shape index (κ2) is 11.0. The van der Waals surface area contributed by atoms with Gasteiger partial charge in [0.1, 0.15) is 11.6 Å². The fourth-order valence-electron chi connectivity index (χ4n) is 4.00. The minimum atomic E-state index is -0.211. The molecule has 1 amide bonds. The van der Waals surface area contributed by atoms with Crippen molar-refractivity contribution in [1.29, 1.82) is 0 Å². The summed E-state index contributed by atoms with van der Waals surface area (Å²) in [6.07, 6.45) is 3.48. The Labute approximate surface area is 192 Å². The zero-order chi connectivity index (χ0) is 23.0. The Bertz CT molecular complexity index is 1030. The van der Waals surface area contributed by atoms with E-state index in [4.69, 9.17) is 9.26 Å². The van der Waals surface area contributed by atoms with Crippen molar-refractivity contribution in [1.82, 2.24) is 20.4 Å². The SMILES string of the molecule is COc1ccc(-c2noc(CCCC(=O)NC3CCN(Cc4ccc(F)cc4)CC3)n2)cc1. The predicted molar refractivity (Wildman–Crippen MR) is 122 cm³/mol. The second-order valence-electron chi connectivity index (χ2n) is 8.34. The highest BCUT2D eigenvalue weighted by atomic mass is 19.1. The molecular formula is C25H29FN4O3. The number of carbonyl (C=O) groups is 1. The van der Waals surface area contributed by atoms with Crippen molar-refractivity contribution >= 4 is 5.91 Å². The number of rotatable bonds is 9. The van der Waals surface area contributed by atoms with Gasteiger partial charge in [0.05, 0.1) is 7.11 Å². The van der Waals surface area contributed by atoms with Gasteiger partial charge in [-0.15, -0.1) is 0 Å². The Morgan fingerprint density at radius 3 is 2.58 bits per heavy atom. The van der Waals surface area contributed by atoms with Crippen molar-refractivity contribution in [3.8, 4) is 17.1 Å². The van der Waals surface area contributed by atoms with E-state index in [1.54, 1.807) is 7.11 Å². The normalized spacial score (nSPS) is 14.8. The number of nitrogens with zero attached hydrogens (tertiary/aromatic N) is 3. The Morgan fingerprint density at radius 1 is 1.15 bits per heavy atom. The van der Waals surface area contributed by atoms with Gasteiger partial charge in [0, 0.05) is 44.1 Å². The number of ether oxygens (including phenoxy) is 1. The van der Waals surface area contributed by atoms with Crippen LogP contribution in [-0.2, 0) is 17.8 Å². The van der Waals surface area contributed by atoms with E-state index in [9.17, 15) is 9.18 Å². The molecule has 7 nitrogen and oxygen atoms in total. The zero-order valence-corrected chi connectivity index (χ0v) is 18.8. The topological polar surface area (TPSA) is 80.5 Å². The summed E-state index contributed by atoms with van der Waals surface area (Å²) in [5, 5.41) is 7.17. The van der Waals surface area contributed by atoms with Gasteiger partial charge in [0.2, 0.25) is 17.6 Å². The third-order valence-electron chi connectivity index (χ3n) is 5.88. The number of hydrogen-bond donors (Lipinski definition) is 1. The Balaban J connectivity index is 1.15. The van der Waals surface area contributed by atoms with E-state index in [2.05, 4.69) is 20.4 Å². The van der Waals surface area contributed by atoms with Gasteiger partial charge in [-0.05, 0) is 61.2 Å². The molecule has 0 aliphatic carbocycles. The molecule has 0 radical (unpaired) electrons. The Hall–Kier alpha value is -3.26. The van der Waals surface area contributed by atoms with E-state index in [0.717, 1.165) is 49.4 Å². The van der Waals surface area contributed by atoms with Gasteiger partial charge < -0.3 is 14.6 Å². The molecule has 0 spiro atoms. The van der Waals surface area contributed by atoms with Gasteiger partial charge >= 0.3 is 0 Å². The molecule has 1 aromatic heterocycles. The molecule has 0 saturated carbocycles. The van der Waals surface area contributed by atoms with E-state index in [1.807, 2.05) is 36.4 Å². The molecule has 2 aromatic carbocycles. The number of methoxy groups -OCH3 is 1. The molecule has 1 aliphatic rings. The number of likely N-dealkylation sites (tertiary alicyclic amines) is 1. The highest BCUT2D eigenvalue weighted by molar-refractivity contribution is 5.76. The lowest BCUT2D eigenvalue weighted by Gasteiger charge is -2.32. The minimum Gasteiger partial charge on any atom is -0.497 e. The molecule has 1 aliphatic heterocycles. The van der Waals surface area contributed by atoms with Crippen LogP contribution in [-0.4, -0.2) is 47.2 Å². The van der Waals surface area contributed by atoms with Crippen molar-refractivity contribution in [2.24, 2.45) is 0 Å². The number of hydrogen-bond acceptors (Lipinski definition) is 6. The van der Waals surface area contributed by atoms with Crippen LogP contribution in [0.2, 0.25) is 0 Å². The summed E-state index contributed by atoms with van der Waals surface area (Å²) in [6, 6.07) is 14.3. The Morgan fingerprint density at radius 2 is 1.88 bits per heavy atom. The fraction of sp³-hybridized carbons (Fsp3) is 0.400. The molecule has 4 rings (SSSR count). The lowest BCUT2D eigenvalue weighted by Crippen LogP contribution is -2.44. The Kier molecular flexibility index (Phi) is 7.67. The van der Waals surface area contributed by atoms with Crippen LogP contribution in [0.5, 0.6) is 5.75 Å². The lowest BCUT2D eigenvalue weighted by molar-refractivity contribution is -0.122. The average molecular weight is 453 g/mol. The standard InChI is InChI=1S/C25H29FN4O3/c1-32-22-11-7-19(8-12-22)25-28-24(33-29-25)4-2-3-23(31)27-21-13-15-30(16-14-21)17-18-5-9-20(26)10-6-18/h5-12,21H,2-4,13-17H2,1H3,(H,27,31). The summed E-state index contributed by atoms with van der Waals surface area (Å²) < 4.78 is 23.5. The van der Waals surface area contributed by atoms with Crippen LogP contribution >= 0.6 is 0 Å². The number of carbonyl (C=O) groups excluding carboxylic acids is 1. The minimum absolute atomic E-state index is 0.0573. The summed E-state index contributed by atoms with van der Waals surface area (Å²) in [6.45, 7) is 2.64. The van der Waals surface area contributed by atoms with Crippen LogP contribution in [0.25, 0.3) is 11.4 Å². The predicted octanol–water partition coefficient (Wildman–Crippen LogP) is 3.99. The number of halogens is 1. The number of nitrogens with one attached hydrogen (secondary N) is 1. The van der Waals surface area contributed by atoms with Crippen LogP contribution in [0.3, 0.4) is 0 Å². The van der Waals surface area contributed by atoms with Crippen LogP contribution in [0.1, 0.15) is 37.1 Å². The number of amides is 1. The smallest absolute Gasteiger partial charge is 0.226 e. The first-order valence-corrected chi connectivity index (χ1v) is 11.3. The molecule has 0 atom stereocenters. The van der Waals surface area contributed by atoms with E-state index in [1.165, 1.54) is 12.1 Å².